The summed E-state index contributed by atoms with van der Waals surface area (Å²) < 4.78 is 5.30. The molecule has 102 valence electrons. The van der Waals surface area contributed by atoms with Crippen molar-refractivity contribution in [3.63, 3.8) is 0 Å². The predicted octanol–water partition coefficient (Wildman–Crippen LogP) is 0.709. The minimum atomic E-state index is -0.452. The number of aliphatic hydroxyl groups is 1. The topological polar surface area (TPSA) is 67.5 Å². The summed E-state index contributed by atoms with van der Waals surface area (Å²) in [5.74, 6) is 0.952. The van der Waals surface area contributed by atoms with Crippen LogP contribution in [0.2, 0.25) is 0 Å². The minimum absolute atomic E-state index is 0.301. The fourth-order valence-corrected chi connectivity index (χ4v) is 1.85. The number of aryl methyl sites for hydroxylation is 1. The Morgan fingerprint density at radius 2 is 2.22 bits per heavy atom. The third-order valence-electron chi connectivity index (χ3n) is 2.97. The zero-order chi connectivity index (χ0) is 13.4. The van der Waals surface area contributed by atoms with E-state index >= 15 is 0 Å². The first-order valence-corrected chi connectivity index (χ1v) is 6.45. The lowest BCUT2D eigenvalue weighted by atomic mass is 10.1. The molecule has 0 saturated carbocycles. The standard InChI is InChI=1S/C14H24N2O2/c1-3-12-8-11(4-5-14(12)18-2)6-7-16-10-13(17)9-15/h4-5,8,13,16-17H,3,6-7,9-10,15H2,1-2H3. The summed E-state index contributed by atoms with van der Waals surface area (Å²) >= 11 is 0. The SMILES string of the molecule is CCc1cc(CCNCC(O)CN)ccc1OC. The van der Waals surface area contributed by atoms with Crippen molar-refractivity contribution >= 4 is 0 Å². The Hall–Kier alpha value is -1.10. The van der Waals surface area contributed by atoms with E-state index in [1.54, 1.807) is 7.11 Å². The molecule has 0 aromatic heterocycles. The number of methoxy groups -OCH3 is 1. The first-order valence-electron chi connectivity index (χ1n) is 6.45. The number of ether oxygens (including phenoxy) is 1. The van der Waals surface area contributed by atoms with E-state index in [0.717, 1.165) is 25.1 Å². The molecule has 1 unspecified atom stereocenters. The van der Waals surface area contributed by atoms with E-state index in [1.807, 2.05) is 6.07 Å². The van der Waals surface area contributed by atoms with Crippen LogP contribution in [0.4, 0.5) is 0 Å². The second kappa shape index (κ2) is 8.08. The number of hydrogen-bond donors (Lipinski definition) is 3. The number of nitrogens with two attached hydrogens (primary N) is 1. The minimum Gasteiger partial charge on any atom is -0.496 e. The van der Waals surface area contributed by atoms with E-state index in [-0.39, 0.29) is 0 Å². The molecule has 1 aromatic rings. The molecule has 0 radical (unpaired) electrons. The number of rotatable bonds is 8. The van der Waals surface area contributed by atoms with Gasteiger partial charge in [-0.2, -0.15) is 0 Å². The number of nitrogens with one attached hydrogen (secondary N) is 1. The molecule has 4 N–H and O–H groups in total. The lowest BCUT2D eigenvalue weighted by molar-refractivity contribution is 0.180. The lowest BCUT2D eigenvalue weighted by Crippen LogP contribution is -2.33. The van der Waals surface area contributed by atoms with Gasteiger partial charge in [0.2, 0.25) is 0 Å². The van der Waals surface area contributed by atoms with Gasteiger partial charge in [0.15, 0.2) is 0 Å². The fourth-order valence-electron chi connectivity index (χ4n) is 1.85. The third kappa shape index (κ3) is 4.64. The van der Waals surface area contributed by atoms with Crippen LogP contribution in [0, 0.1) is 0 Å². The van der Waals surface area contributed by atoms with Crippen molar-refractivity contribution < 1.29 is 9.84 Å². The maximum Gasteiger partial charge on any atom is 0.122 e. The highest BCUT2D eigenvalue weighted by molar-refractivity contribution is 5.37. The van der Waals surface area contributed by atoms with Crippen LogP contribution in [0.3, 0.4) is 0 Å². The van der Waals surface area contributed by atoms with Crippen LogP contribution in [0.1, 0.15) is 18.1 Å². The Labute approximate surface area is 109 Å². The molecule has 0 aliphatic heterocycles. The number of aliphatic hydroxyl groups excluding tert-OH is 1. The Balaban J connectivity index is 2.43. The number of hydrogen-bond acceptors (Lipinski definition) is 4. The summed E-state index contributed by atoms with van der Waals surface area (Å²) in [4.78, 5) is 0. The van der Waals surface area contributed by atoms with Gasteiger partial charge in [0.1, 0.15) is 5.75 Å². The molecular formula is C14H24N2O2. The average molecular weight is 252 g/mol. The average Bonchev–Trinajstić information content (AvgIpc) is 2.42. The van der Waals surface area contributed by atoms with Crippen molar-refractivity contribution in [2.24, 2.45) is 5.73 Å². The van der Waals surface area contributed by atoms with Crippen LogP contribution in [0.25, 0.3) is 0 Å². The van der Waals surface area contributed by atoms with E-state index in [9.17, 15) is 5.11 Å². The molecule has 0 bridgehead atoms. The van der Waals surface area contributed by atoms with E-state index in [2.05, 4.69) is 24.4 Å². The quantitative estimate of drug-likeness (QED) is 0.596. The Morgan fingerprint density at radius 3 is 2.83 bits per heavy atom. The van der Waals surface area contributed by atoms with E-state index in [4.69, 9.17) is 10.5 Å². The Bertz CT molecular complexity index is 356. The van der Waals surface area contributed by atoms with Crippen molar-refractivity contribution in [3.05, 3.63) is 29.3 Å². The molecule has 1 aromatic carbocycles. The molecule has 0 aliphatic carbocycles. The van der Waals surface area contributed by atoms with Gasteiger partial charge >= 0.3 is 0 Å². The predicted molar refractivity (Wildman–Crippen MR) is 74.0 cm³/mol. The van der Waals surface area contributed by atoms with Gasteiger partial charge in [0, 0.05) is 13.1 Å². The summed E-state index contributed by atoms with van der Waals surface area (Å²) in [5.41, 5.74) is 7.84. The lowest BCUT2D eigenvalue weighted by Gasteiger charge is -2.11. The third-order valence-corrected chi connectivity index (χ3v) is 2.97. The van der Waals surface area contributed by atoms with Crippen LogP contribution in [-0.2, 0) is 12.8 Å². The second-order valence-corrected chi connectivity index (χ2v) is 4.34. The molecule has 1 rings (SSSR count). The maximum atomic E-state index is 9.30. The molecular weight excluding hydrogens is 228 g/mol. The molecule has 0 amide bonds. The van der Waals surface area contributed by atoms with Gasteiger partial charge in [-0.1, -0.05) is 19.1 Å². The molecule has 0 fully saturated rings. The van der Waals surface area contributed by atoms with Crippen molar-refractivity contribution in [3.8, 4) is 5.75 Å². The summed E-state index contributed by atoms with van der Waals surface area (Å²) in [6, 6.07) is 6.28. The Morgan fingerprint density at radius 1 is 1.44 bits per heavy atom. The summed E-state index contributed by atoms with van der Waals surface area (Å²) in [6.45, 7) is 3.81. The van der Waals surface area contributed by atoms with Crippen molar-refractivity contribution in [1.29, 1.82) is 0 Å². The molecule has 0 aliphatic rings. The highest BCUT2D eigenvalue weighted by atomic mass is 16.5. The second-order valence-electron chi connectivity index (χ2n) is 4.34. The van der Waals surface area contributed by atoms with Crippen LogP contribution in [-0.4, -0.2) is 38.0 Å². The first kappa shape index (κ1) is 15.0. The molecule has 4 heteroatoms. The largest absolute Gasteiger partial charge is 0.496 e. The van der Waals surface area contributed by atoms with Crippen LogP contribution >= 0.6 is 0 Å². The molecule has 1 atom stereocenters. The van der Waals surface area contributed by atoms with Crippen LogP contribution in [0.15, 0.2) is 18.2 Å². The van der Waals surface area contributed by atoms with Crippen LogP contribution < -0.4 is 15.8 Å². The van der Waals surface area contributed by atoms with E-state index in [0.29, 0.717) is 13.1 Å². The Kier molecular flexibility index (Phi) is 6.72. The fraction of sp³-hybridized carbons (Fsp3) is 0.571. The maximum absolute atomic E-state index is 9.30. The van der Waals surface area contributed by atoms with Gasteiger partial charge in [0.25, 0.3) is 0 Å². The van der Waals surface area contributed by atoms with Crippen molar-refractivity contribution in [2.75, 3.05) is 26.7 Å². The van der Waals surface area contributed by atoms with Gasteiger partial charge in [-0.3, -0.25) is 0 Å². The molecule has 0 spiro atoms. The van der Waals surface area contributed by atoms with E-state index in [1.165, 1.54) is 11.1 Å². The van der Waals surface area contributed by atoms with Crippen molar-refractivity contribution in [2.45, 2.75) is 25.9 Å². The molecule has 0 saturated heterocycles. The monoisotopic (exact) mass is 252 g/mol. The summed E-state index contributed by atoms with van der Waals surface area (Å²) in [5, 5.41) is 12.5. The normalized spacial score (nSPS) is 12.4. The smallest absolute Gasteiger partial charge is 0.122 e. The summed E-state index contributed by atoms with van der Waals surface area (Å²) in [6.07, 6.45) is 1.46. The van der Waals surface area contributed by atoms with Gasteiger partial charge in [-0.15, -0.1) is 0 Å². The van der Waals surface area contributed by atoms with Crippen molar-refractivity contribution in [1.82, 2.24) is 5.32 Å². The number of benzene rings is 1. The van der Waals surface area contributed by atoms with Gasteiger partial charge in [-0.25, -0.2) is 0 Å². The zero-order valence-corrected chi connectivity index (χ0v) is 11.3. The highest BCUT2D eigenvalue weighted by Gasteiger charge is 2.03. The summed E-state index contributed by atoms with van der Waals surface area (Å²) in [7, 11) is 1.70. The van der Waals surface area contributed by atoms with Gasteiger partial charge < -0.3 is 20.9 Å². The highest BCUT2D eigenvalue weighted by Crippen LogP contribution is 2.20. The first-order chi connectivity index (χ1) is 8.71. The van der Waals surface area contributed by atoms with Crippen LogP contribution in [0.5, 0.6) is 5.75 Å². The molecule has 0 heterocycles. The molecule has 4 nitrogen and oxygen atoms in total. The molecule has 18 heavy (non-hydrogen) atoms. The van der Waals surface area contributed by atoms with E-state index < -0.39 is 6.10 Å². The van der Waals surface area contributed by atoms with Gasteiger partial charge in [0.05, 0.1) is 13.2 Å². The zero-order valence-electron chi connectivity index (χ0n) is 11.3. The van der Waals surface area contributed by atoms with Gasteiger partial charge in [-0.05, 0) is 36.6 Å².